The van der Waals surface area contributed by atoms with Crippen LogP contribution in [0.4, 0.5) is 0 Å². The number of ketones is 2. The van der Waals surface area contributed by atoms with Gasteiger partial charge in [0.15, 0.2) is 11.6 Å². The average molecular weight is 299 g/mol. The van der Waals surface area contributed by atoms with Crippen molar-refractivity contribution in [3.8, 4) is 6.07 Å². The lowest BCUT2D eigenvalue weighted by atomic mass is 9.42. The van der Waals surface area contributed by atoms with E-state index in [0.717, 1.165) is 19.3 Å². The largest absolute Gasteiger partial charge is 0.298 e. The highest BCUT2D eigenvalue weighted by Gasteiger charge is 2.61. The summed E-state index contributed by atoms with van der Waals surface area (Å²) >= 11 is 0. The molecule has 0 radical (unpaired) electrons. The fourth-order valence-electron chi connectivity index (χ4n) is 5.68. The molecular weight excluding hydrogens is 274 g/mol. The van der Waals surface area contributed by atoms with Gasteiger partial charge < -0.3 is 0 Å². The van der Waals surface area contributed by atoms with E-state index >= 15 is 0 Å². The van der Waals surface area contributed by atoms with Crippen LogP contribution in [0, 0.1) is 39.4 Å². The molecular formula is C19H25NO2. The van der Waals surface area contributed by atoms with Crippen molar-refractivity contribution in [3.05, 3.63) is 11.6 Å². The first-order valence-corrected chi connectivity index (χ1v) is 8.34. The van der Waals surface area contributed by atoms with Gasteiger partial charge in [0.05, 0.1) is 6.07 Å². The number of carbonyl (C=O) groups excluding carboxylic acids is 2. The van der Waals surface area contributed by atoms with Crippen molar-refractivity contribution in [1.82, 2.24) is 0 Å². The Bertz CT molecular complexity index is 624. The SMILES string of the molecule is CC1(C)C(=O)C(C#N)C[C@]2(C)C3=CC(=O)CC[C@]3(C)CC[C@@H]12. The molecule has 118 valence electrons. The number of rotatable bonds is 0. The van der Waals surface area contributed by atoms with Gasteiger partial charge in [0, 0.05) is 11.8 Å². The van der Waals surface area contributed by atoms with Crippen LogP contribution in [-0.4, -0.2) is 11.6 Å². The first kappa shape index (κ1) is 15.5. The van der Waals surface area contributed by atoms with Crippen LogP contribution in [0.1, 0.15) is 59.8 Å². The Morgan fingerprint density at radius 3 is 2.50 bits per heavy atom. The summed E-state index contributed by atoms with van der Waals surface area (Å²) in [5.41, 5.74) is 0.584. The fourth-order valence-corrected chi connectivity index (χ4v) is 5.68. The van der Waals surface area contributed by atoms with E-state index in [1.165, 1.54) is 5.57 Å². The van der Waals surface area contributed by atoms with Crippen molar-refractivity contribution in [2.45, 2.75) is 59.8 Å². The summed E-state index contributed by atoms with van der Waals surface area (Å²) in [4.78, 5) is 24.7. The number of fused-ring (bicyclic) bond motifs is 3. The highest BCUT2D eigenvalue weighted by atomic mass is 16.1. The van der Waals surface area contributed by atoms with E-state index in [1.807, 2.05) is 19.9 Å². The zero-order valence-electron chi connectivity index (χ0n) is 14.0. The lowest BCUT2D eigenvalue weighted by Gasteiger charge is -2.60. The fraction of sp³-hybridized carbons (Fsp3) is 0.737. The molecule has 0 aromatic carbocycles. The summed E-state index contributed by atoms with van der Waals surface area (Å²) in [6, 6.07) is 2.23. The van der Waals surface area contributed by atoms with E-state index in [4.69, 9.17) is 0 Å². The van der Waals surface area contributed by atoms with Crippen LogP contribution in [0.3, 0.4) is 0 Å². The predicted molar refractivity (Wildman–Crippen MR) is 83.8 cm³/mol. The van der Waals surface area contributed by atoms with Crippen molar-refractivity contribution in [1.29, 1.82) is 5.26 Å². The number of Topliss-reactive ketones (excluding diaryl/α,β-unsaturated/α-hetero) is 1. The maximum atomic E-state index is 12.7. The zero-order valence-corrected chi connectivity index (χ0v) is 14.0. The third kappa shape index (κ3) is 1.86. The minimum absolute atomic E-state index is 0.0651. The Hall–Kier alpha value is -1.43. The summed E-state index contributed by atoms with van der Waals surface area (Å²) in [6.07, 6.45) is 6.02. The van der Waals surface area contributed by atoms with E-state index in [0.29, 0.717) is 12.8 Å². The van der Waals surface area contributed by atoms with Gasteiger partial charge in [-0.15, -0.1) is 0 Å². The van der Waals surface area contributed by atoms with Gasteiger partial charge in [-0.3, -0.25) is 9.59 Å². The lowest BCUT2D eigenvalue weighted by molar-refractivity contribution is -0.146. The van der Waals surface area contributed by atoms with Gasteiger partial charge in [0.2, 0.25) is 0 Å². The summed E-state index contributed by atoms with van der Waals surface area (Å²) in [5.74, 6) is -0.0276. The Kier molecular flexibility index (Phi) is 3.19. The molecule has 0 bridgehead atoms. The van der Waals surface area contributed by atoms with E-state index < -0.39 is 11.3 Å². The molecule has 0 aromatic rings. The van der Waals surface area contributed by atoms with E-state index in [1.54, 1.807) is 0 Å². The number of hydrogen-bond acceptors (Lipinski definition) is 3. The Balaban J connectivity index is 2.15. The second-order valence-corrected chi connectivity index (χ2v) is 8.57. The van der Waals surface area contributed by atoms with Crippen LogP contribution in [0.15, 0.2) is 11.6 Å². The van der Waals surface area contributed by atoms with Crippen molar-refractivity contribution in [2.24, 2.45) is 28.1 Å². The summed E-state index contributed by atoms with van der Waals surface area (Å²) in [6.45, 7) is 8.45. The molecule has 0 heterocycles. The van der Waals surface area contributed by atoms with Crippen LogP contribution in [0.25, 0.3) is 0 Å². The third-order valence-electron chi connectivity index (χ3n) is 6.85. The molecule has 0 N–H and O–H groups in total. The van der Waals surface area contributed by atoms with Gasteiger partial charge >= 0.3 is 0 Å². The molecule has 2 saturated carbocycles. The molecule has 3 aliphatic carbocycles. The first-order chi connectivity index (χ1) is 10.1. The number of nitrogens with zero attached hydrogens (tertiary/aromatic N) is 1. The highest BCUT2D eigenvalue weighted by molar-refractivity contribution is 5.93. The maximum absolute atomic E-state index is 12.7. The van der Waals surface area contributed by atoms with Crippen LogP contribution >= 0.6 is 0 Å². The molecule has 3 aliphatic rings. The number of nitriles is 1. The first-order valence-electron chi connectivity index (χ1n) is 8.34. The van der Waals surface area contributed by atoms with Gasteiger partial charge in [0.1, 0.15) is 5.92 Å². The molecule has 0 aromatic heterocycles. The van der Waals surface area contributed by atoms with Crippen LogP contribution < -0.4 is 0 Å². The Morgan fingerprint density at radius 1 is 1.18 bits per heavy atom. The van der Waals surface area contributed by atoms with Crippen LogP contribution in [0.2, 0.25) is 0 Å². The minimum atomic E-state index is -0.545. The predicted octanol–water partition coefficient (Wildman–Crippen LogP) is 3.84. The number of carbonyl (C=O) groups is 2. The van der Waals surface area contributed by atoms with Crippen LogP contribution in [-0.2, 0) is 9.59 Å². The molecule has 3 nitrogen and oxygen atoms in total. The molecule has 0 amide bonds. The monoisotopic (exact) mass is 299 g/mol. The van der Waals surface area contributed by atoms with Crippen molar-refractivity contribution in [3.63, 3.8) is 0 Å². The van der Waals surface area contributed by atoms with Gasteiger partial charge in [-0.05, 0) is 48.5 Å². The van der Waals surface area contributed by atoms with Gasteiger partial charge in [0.25, 0.3) is 0 Å². The number of allylic oxidation sites excluding steroid dienone is 2. The lowest BCUT2D eigenvalue weighted by Crippen LogP contribution is -2.57. The second-order valence-electron chi connectivity index (χ2n) is 8.57. The highest BCUT2D eigenvalue weighted by Crippen LogP contribution is 2.65. The van der Waals surface area contributed by atoms with Crippen molar-refractivity contribution >= 4 is 11.6 Å². The zero-order chi connectivity index (χ0) is 16.3. The summed E-state index contributed by atoms with van der Waals surface area (Å²) < 4.78 is 0. The van der Waals surface area contributed by atoms with Crippen LogP contribution in [0.5, 0.6) is 0 Å². The quantitative estimate of drug-likeness (QED) is 0.683. The second kappa shape index (κ2) is 4.54. The van der Waals surface area contributed by atoms with Crippen molar-refractivity contribution in [2.75, 3.05) is 0 Å². The molecule has 3 heteroatoms. The van der Waals surface area contributed by atoms with Gasteiger partial charge in [-0.2, -0.15) is 5.26 Å². The molecule has 4 atom stereocenters. The maximum Gasteiger partial charge on any atom is 0.155 e. The van der Waals surface area contributed by atoms with Gasteiger partial charge in [-0.1, -0.05) is 33.3 Å². The van der Waals surface area contributed by atoms with Gasteiger partial charge in [-0.25, -0.2) is 0 Å². The molecule has 22 heavy (non-hydrogen) atoms. The number of hydrogen-bond donors (Lipinski definition) is 0. The Morgan fingerprint density at radius 2 is 1.86 bits per heavy atom. The molecule has 0 aliphatic heterocycles. The summed E-state index contributed by atoms with van der Waals surface area (Å²) in [7, 11) is 0. The molecule has 0 spiro atoms. The van der Waals surface area contributed by atoms with Crippen molar-refractivity contribution < 1.29 is 9.59 Å². The third-order valence-corrected chi connectivity index (χ3v) is 6.85. The normalized spacial score (nSPS) is 43.7. The smallest absolute Gasteiger partial charge is 0.155 e. The molecule has 3 rings (SSSR count). The van der Waals surface area contributed by atoms with E-state index in [-0.39, 0.29) is 28.3 Å². The standard InChI is InChI=1S/C19H25NO2/c1-17(2)14-6-8-18(3)7-5-13(21)9-15(18)19(14,4)10-12(11-20)16(17)22/h9,12,14H,5-8,10H2,1-4H3/t12?,14-,18+,19-/m0/s1. The van der Waals surface area contributed by atoms with E-state index in [2.05, 4.69) is 19.9 Å². The minimum Gasteiger partial charge on any atom is -0.298 e. The Labute approximate surface area is 132 Å². The topological polar surface area (TPSA) is 57.9 Å². The average Bonchev–Trinajstić information content (AvgIpc) is 2.45. The van der Waals surface area contributed by atoms with E-state index in [9.17, 15) is 14.9 Å². The summed E-state index contributed by atoms with van der Waals surface area (Å²) in [5, 5.41) is 9.45. The molecule has 1 unspecified atom stereocenters. The molecule has 2 fully saturated rings. The molecule has 0 saturated heterocycles.